The number of ether oxygens (including phenoxy) is 1. The average molecular weight is 223 g/mol. The lowest BCUT2D eigenvalue weighted by atomic mass is 10.1. The third kappa shape index (κ3) is 5.18. The summed E-state index contributed by atoms with van der Waals surface area (Å²) in [7, 11) is -3.50. The van der Waals surface area contributed by atoms with Gasteiger partial charge in [-0.25, -0.2) is 8.42 Å². The predicted octanol–water partition coefficient (Wildman–Crippen LogP) is 0.123. The molecule has 0 aliphatic carbocycles. The molecule has 6 heteroatoms. The minimum Gasteiger partial charge on any atom is -0.368 e. The van der Waals surface area contributed by atoms with Gasteiger partial charge in [0.1, 0.15) is 6.10 Å². The Morgan fingerprint density at radius 1 is 1.43 bits per heavy atom. The molecule has 0 aliphatic heterocycles. The SMILES string of the molecule is CCOC(C(=O)NS(C)(=O)=O)C(C)C. The van der Waals surface area contributed by atoms with Gasteiger partial charge in [0.05, 0.1) is 6.26 Å². The fourth-order valence-electron chi connectivity index (χ4n) is 0.991. The van der Waals surface area contributed by atoms with Crippen LogP contribution >= 0.6 is 0 Å². The lowest BCUT2D eigenvalue weighted by Crippen LogP contribution is -2.42. The van der Waals surface area contributed by atoms with E-state index in [1.807, 2.05) is 4.72 Å². The maximum atomic E-state index is 11.4. The normalized spacial score (nSPS) is 14.1. The molecule has 0 aliphatic rings. The zero-order valence-corrected chi connectivity index (χ0v) is 9.72. The van der Waals surface area contributed by atoms with Crippen molar-refractivity contribution in [3.05, 3.63) is 0 Å². The van der Waals surface area contributed by atoms with Gasteiger partial charge in [-0.05, 0) is 12.8 Å². The molecule has 0 heterocycles. The van der Waals surface area contributed by atoms with E-state index in [4.69, 9.17) is 4.74 Å². The first kappa shape index (κ1) is 13.4. The zero-order chi connectivity index (χ0) is 11.4. The lowest BCUT2D eigenvalue weighted by Gasteiger charge is -2.19. The van der Waals surface area contributed by atoms with E-state index in [1.165, 1.54) is 0 Å². The van der Waals surface area contributed by atoms with Crippen LogP contribution in [0.3, 0.4) is 0 Å². The van der Waals surface area contributed by atoms with Crippen LogP contribution < -0.4 is 4.72 Å². The number of carbonyl (C=O) groups excluding carboxylic acids is 1. The van der Waals surface area contributed by atoms with Crippen molar-refractivity contribution >= 4 is 15.9 Å². The number of amides is 1. The molecular formula is C8H17NO4S. The predicted molar refractivity (Wildman–Crippen MR) is 53.2 cm³/mol. The molecule has 5 nitrogen and oxygen atoms in total. The smallest absolute Gasteiger partial charge is 0.262 e. The second kappa shape index (κ2) is 5.31. The molecule has 0 bridgehead atoms. The maximum Gasteiger partial charge on any atom is 0.262 e. The standard InChI is InChI=1S/C8H17NO4S/c1-5-13-7(6(2)3)8(10)9-14(4,11)12/h6-7H,5H2,1-4H3,(H,9,10). The Bertz CT molecular complexity index is 284. The molecule has 84 valence electrons. The minimum atomic E-state index is -3.50. The Balaban J connectivity index is 4.45. The molecule has 0 spiro atoms. The first-order valence-electron chi connectivity index (χ1n) is 4.41. The van der Waals surface area contributed by atoms with Gasteiger partial charge in [-0.1, -0.05) is 13.8 Å². The summed E-state index contributed by atoms with van der Waals surface area (Å²) in [6, 6.07) is 0. The van der Waals surface area contributed by atoms with Gasteiger partial charge in [-0.15, -0.1) is 0 Å². The van der Waals surface area contributed by atoms with Gasteiger partial charge in [0.25, 0.3) is 5.91 Å². The van der Waals surface area contributed by atoms with Crippen LogP contribution in [-0.2, 0) is 19.6 Å². The van der Waals surface area contributed by atoms with Crippen LogP contribution in [0.2, 0.25) is 0 Å². The van der Waals surface area contributed by atoms with Crippen molar-refractivity contribution in [2.75, 3.05) is 12.9 Å². The van der Waals surface area contributed by atoms with E-state index in [1.54, 1.807) is 20.8 Å². The zero-order valence-electron chi connectivity index (χ0n) is 8.90. The molecule has 0 rings (SSSR count). The van der Waals surface area contributed by atoms with Gasteiger partial charge in [0.15, 0.2) is 0 Å². The molecule has 0 saturated carbocycles. The van der Waals surface area contributed by atoms with Crippen LogP contribution in [0.15, 0.2) is 0 Å². The van der Waals surface area contributed by atoms with Crippen LogP contribution in [0.25, 0.3) is 0 Å². The Labute approximate surface area is 84.9 Å². The molecule has 0 fully saturated rings. The highest BCUT2D eigenvalue weighted by Crippen LogP contribution is 2.06. The minimum absolute atomic E-state index is 0.0586. The largest absolute Gasteiger partial charge is 0.368 e. The van der Waals surface area contributed by atoms with E-state index >= 15 is 0 Å². The summed E-state index contributed by atoms with van der Waals surface area (Å²) in [5, 5.41) is 0. The molecule has 1 amide bonds. The fourth-order valence-corrected chi connectivity index (χ4v) is 1.47. The van der Waals surface area contributed by atoms with Crippen molar-refractivity contribution < 1.29 is 17.9 Å². The van der Waals surface area contributed by atoms with E-state index in [0.717, 1.165) is 6.26 Å². The molecule has 0 aromatic heterocycles. The summed E-state index contributed by atoms with van der Waals surface area (Å²) < 4.78 is 28.6. The van der Waals surface area contributed by atoms with Crippen molar-refractivity contribution in [3.63, 3.8) is 0 Å². The van der Waals surface area contributed by atoms with Crippen molar-refractivity contribution in [3.8, 4) is 0 Å². The highest BCUT2D eigenvalue weighted by molar-refractivity contribution is 7.89. The highest BCUT2D eigenvalue weighted by atomic mass is 32.2. The van der Waals surface area contributed by atoms with Crippen LogP contribution in [0.1, 0.15) is 20.8 Å². The van der Waals surface area contributed by atoms with Crippen LogP contribution in [0, 0.1) is 5.92 Å². The molecule has 0 aromatic carbocycles. The summed E-state index contributed by atoms with van der Waals surface area (Å²) in [6.45, 7) is 5.72. The molecular weight excluding hydrogens is 206 g/mol. The lowest BCUT2D eigenvalue weighted by molar-refractivity contribution is -0.133. The van der Waals surface area contributed by atoms with E-state index in [0.29, 0.717) is 6.61 Å². The van der Waals surface area contributed by atoms with Gasteiger partial charge in [-0.3, -0.25) is 9.52 Å². The number of sulfonamides is 1. The first-order chi connectivity index (χ1) is 6.28. The summed E-state index contributed by atoms with van der Waals surface area (Å²) in [6.07, 6.45) is 0.226. The van der Waals surface area contributed by atoms with Crippen LogP contribution in [0.4, 0.5) is 0 Å². The number of rotatable bonds is 5. The third-order valence-corrected chi connectivity index (χ3v) is 2.07. The number of nitrogens with one attached hydrogen (secondary N) is 1. The van der Waals surface area contributed by atoms with E-state index < -0.39 is 22.0 Å². The maximum absolute atomic E-state index is 11.4. The number of hydrogen-bond acceptors (Lipinski definition) is 4. The van der Waals surface area contributed by atoms with Crippen LogP contribution in [0.5, 0.6) is 0 Å². The second-order valence-corrected chi connectivity index (χ2v) is 5.11. The Morgan fingerprint density at radius 3 is 2.21 bits per heavy atom. The summed E-state index contributed by atoms with van der Waals surface area (Å²) in [4.78, 5) is 11.4. The van der Waals surface area contributed by atoms with Gasteiger partial charge >= 0.3 is 0 Å². The fraction of sp³-hybridized carbons (Fsp3) is 0.875. The van der Waals surface area contributed by atoms with Crippen molar-refractivity contribution in [2.24, 2.45) is 5.92 Å². The van der Waals surface area contributed by atoms with Crippen LogP contribution in [-0.4, -0.2) is 33.3 Å². The monoisotopic (exact) mass is 223 g/mol. The third-order valence-electron chi connectivity index (χ3n) is 1.50. The second-order valence-electron chi connectivity index (χ2n) is 3.36. The number of carbonyl (C=O) groups is 1. The molecule has 0 radical (unpaired) electrons. The quantitative estimate of drug-likeness (QED) is 0.718. The molecule has 14 heavy (non-hydrogen) atoms. The summed E-state index contributed by atoms with van der Waals surface area (Å²) >= 11 is 0. The first-order valence-corrected chi connectivity index (χ1v) is 6.30. The van der Waals surface area contributed by atoms with Crippen molar-refractivity contribution in [1.82, 2.24) is 4.72 Å². The topological polar surface area (TPSA) is 72.5 Å². The molecule has 0 saturated heterocycles. The molecule has 0 aromatic rings. The Kier molecular flexibility index (Phi) is 5.07. The van der Waals surface area contributed by atoms with E-state index in [9.17, 15) is 13.2 Å². The molecule has 1 N–H and O–H groups in total. The van der Waals surface area contributed by atoms with Crippen molar-refractivity contribution in [1.29, 1.82) is 0 Å². The van der Waals surface area contributed by atoms with E-state index in [2.05, 4.69) is 0 Å². The van der Waals surface area contributed by atoms with Gasteiger partial charge in [0, 0.05) is 6.61 Å². The van der Waals surface area contributed by atoms with E-state index in [-0.39, 0.29) is 5.92 Å². The average Bonchev–Trinajstić information content (AvgIpc) is 1.95. The Morgan fingerprint density at radius 2 is 1.93 bits per heavy atom. The molecule has 1 unspecified atom stereocenters. The van der Waals surface area contributed by atoms with Gasteiger partial charge < -0.3 is 4.74 Å². The van der Waals surface area contributed by atoms with Gasteiger partial charge in [-0.2, -0.15) is 0 Å². The summed E-state index contributed by atoms with van der Waals surface area (Å²) in [5.74, 6) is -0.666. The Hall–Kier alpha value is -0.620. The van der Waals surface area contributed by atoms with Gasteiger partial charge in [0.2, 0.25) is 10.0 Å². The molecule has 1 atom stereocenters. The van der Waals surface area contributed by atoms with Crippen molar-refractivity contribution in [2.45, 2.75) is 26.9 Å². The highest BCUT2D eigenvalue weighted by Gasteiger charge is 2.24. The summed E-state index contributed by atoms with van der Waals surface area (Å²) in [5.41, 5.74) is 0. The number of hydrogen-bond donors (Lipinski definition) is 1.